The van der Waals surface area contributed by atoms with Gasteiger partial charge in [-0.05, 0) is 34.5 Å². The van der Waals surface area contributed by atoms with Crippen molar-refractivity contribution in [1.82, 2.24) is 4.98 Å². The zero-order valence-corrected chi connectivity index (χ0v) is 7.85. The molecule has 0 saturated carbocycles. The number of aromatic amines is 1. The van der Waals surface area contributed by atoms with Crippen molar-refractivity contribution < 1.29 is 0 Å². The predicted molar refractivity (Wildman–Crippen MR) is 51.7 cm³/mol. The van der Waals surface area contributed by atoms with Crippen molar-refractivity contribution in [2.45, 2.75) is 6.92 Å². The van der Waals surface area contributed by atoms with Gasteiger partial charge >= 0.3 is 0 Å². The fourth-order valence-corrected chi connectivity index (χ4v) is 0.814. The average Bonchev–Trinajstić information content (AvgIpc) is 2.31. The number of aromatic nitrogens is 1. The Kier molecular flexibility index (Phi) is 2.65. The molecule has 0 spiro atoms. The number of allylic oxidation sites excluding steroid dienone is 1. The quantitative estimate of drug-likeness (QED) is 0.731. The monoisotopic (exact) mass is 212 g/mol. The van der Waals surface area contributed by atoms with E-state index in [9.17, 15) is 0 Å². The summed E-state index contributed by atoms with van der Waals surface area (Å²) in [6, 6.07) is 1.98. The first kappa shape index (κ1) is 8.27. The molecular weight excluding hydrogens is 204 g/mol. The smallest absolute Gasteiger partial charge is 0.132 e. The number of aryl methyl sites for hydroxylation is 1. The number of halogens is 1. The summed E-state index contributed by atoms with van der Waals surface area (Å²) in [5.74, 6) is 0.880. The lowest BCUT2D eigenvalue weighted by Gasteiger charge is -1.88. The minimum atomic E-state index is 0.770. The van der Waals surface area contributed by atoms with Gasteiger partial charge < -0.3 is 4.98 Å². The number of H-pyrrole nitrogens is 1. The van der Waals surface area contributed by atoms with E-state index >= 15 is 0 Å². The minimum absolute atomic E-state index is 0.770. The summed E-state index contributed by atoms with van der Waals surface area (Å²) >= 11 is 3.19. The zero-order valence-electron chi connectivity index (χ0n) is 6.26. The number of rotatable bonds is 2. The Bertz CT molecular complexity index is 286. The second-order valence-electron chi connectivity index (χ2n) is 2.21. The topological polar surface area (TPSA) is 28.1 Å². The van der Waals surface area contributed by atoms with Crippen molar-refractivity contribution in [2.75, 3.05) is 0 Å². The van der Waals surface area contributed by atoms with Crippen molar-refractivity contribution in [3.05, 3.63) is 28.9 Å². The Hall–Kier alpha value is -0.830. The van der Waals surface area contributed by atoms with Crippen LogP contribution in [0, 0.1) is 6.92 Å². The molecule has 0 aromatic carbocycles. The van der Waals surface area contributed by atoms with Gasteiger partial charge in [-0.25, -0.2) is 4.99 Å². The molecule has 1 aromatic heterocycles. The number of hydrogen-bond donors (Lipinski definition) is 1. The van der Waals surface area contributed by atoms with Crippen LogP contribution in [0.25, 0.3) is 0 Å². The number of hydrogen-bond acceptors (Lipinski definition) is 1. The van der Waals surface area contributed by atoms with Gasteiger partial charge in [-0.1, -0.05) is 6.58 Å². The summed E-state index contributed by atoms with van der Waals surface area (Å²) in [4.78, 5) is 7.14. The second-order valence-corrected chi connectivity index (χ2v) is 3.23. The SMILES string of the molecule is C=C(Br)/C=N\c1[nH]ccc1C. The molecule has 0 saturated heterocycles. The molecule has 0 aliphatic rings. The second kappa shape index (κ2) is 3.53. The van der Waals surface area contributed by atoms with E-state index in [1.807, 2.05) is 19.2 Å². The largest absolute Gasteiger partial charge is 0.346 e. The van der Waals surface area contributed by atoms with Crippen molar-refractivity contribution in [3.63, 3.8) is 0 Å². The molecule has 58 valence electrons. The van der Waals surface area contributed by atoms with Gasteiger partial charge in [0.25, 0.3) is 0 Å². The molecule has 1 aromatic rings. The van der Waals surface area contributed by atoms with Gasteiger partial charge in [0.15, 0.2) is 0 Å². The normalized spacial score (nSPS) is 10.7. The van der Waals surface area contributed by atoms with Gasteiger partial charge in [-0.2, -0.15) is 0 Å². The summed E-state index contributed by atoms with van der Waals surface area (Å²) in [5, 5.41) is 0. The molecule has 0 radical (unpaired) electrons. The van der Waals surface area contributed by atoms with Crippen molar-refractivity contribution >= 4 is 28.0 Å². The summed E-state index contributed by atoms with van der Waals surface area (Å²) in [7, 11) is 0. The summed E-state index contributed by atoms with van der Waals surface area (Å²) in [5.41, 5.74) is 1.13. The third-order valence-electron chi connectivity index (χ3n) is 1.26. The van der Waals surface area contributed by atoms with E-state index in [1.54, 1.807) is 6.21 Å². The predicted octanol–water partition coefficient (Wildman–Crippen LogP) is 2.93. The van der Waals surface area contributed by atoms with Gasteiger partial charge in [0.1, 0.15) is 5.82 Å². The third kappa shape index (κ3) is 2.35. The highest BCUT2D eigenvalue weighted by Crippen LogP contribution is 2.14. The number of nitrogens with zero attached hydrogens (tertiary/aromatic N) is 1. The van der Waals surface area contributed by atoms with Crippen LogP contribution >= 0.6 is 15.9 Å². The first-order valence-electron chi connectivity index (χ1n) is 3.22. The molecule has 0 fully saturated rings. The Morgan fingerprint density at radius 2 is 2.55 bits per heavy atom. The maximum atomic E-state index is 4.14. The van der Waals surface area contributed by atoms with Crippen LogP contribution in [0.5, 0.6) is 0 Å². The molecule has 1 heterocycles. The molecule has 0 atom stereocenters. The lowest BCUT2D eigenvalue weighted by Crippen LogP contribution is -1.71. The van der Waals surface area contributed by atoms with Gasteiger partial charge in [0.2, 0.25) is 0 Å². The molecule has 3 heteroatoms. The van der Waals surface area contributed by atoms with Crippen LogP contribution < -0.4 is 0 Å². The van der Waals surface area contributed by atoms with E-state index in [1.165, 1.54) is 0 Å². The summed E-state index contributed by atoms with van der Waals surface area (Å²) < 4.78 is 0.770. The average molecular weight is 213 g/mol. The van der Waals surface area contributed by atoms with Gasteiger partial charge in [0.05, 0.1) is 0 Å². The van der Waals surface area contributed by atoms with Crippen LogP contribution in [0.1, 0.15) is 5.56 Å². The van der Waals surface area contributed by atoms with E-state index in [4.69, 9.17) is 0 Å². The first-order chi connectivity index (χ1) is 5.20. The highest BCUT2D eigenvalue weighted by Gasteiger charge is 1.92. The molecule has 1 rings (SSSR count). The summed E-state index contributed by atoms with van der Waals surface area (Å²) in [6.45, 7) is 5.64. The van der Waals surface area contributed by atoms with E-state index in [0.29, 0.717) is 0 Å². The van der Waals surface area contributed by atoms with E-state index in [2.05, 4.69) is 32.5 Å². The minimum Gasteiger partial charge on any atom is -0.346 e. The third-order valence-corrected chi connectivity index (χ3v) is 1.47. The van der Waals surface area contributed by atoms with Crippen LogP contribution in [0.3, 0.4) is 0 Å². The Morgan fingerprint density at radius 1 is 1.82 bits per heavy atom. The van der Waals surface area contributed by atoms with E-state index in [0.717, 1.165) is 15.9 Å². The number of aliphatic imine (C=N–C) groups is 1. The van der Waals surface area contributed by atoms with Crippen molar-refractivity contribution in [2.24, 2.45) is 4.99 Å². The van der Waals surface area contributed by atoms with E-state index in [-0.39, 0.29) is 0 Å². The van der Waals surface area contributed by atoms with Crippen LogP contribution in [-0.2, 0) is 0 Å². The molecule has 0 unspecified atom stereocenters. The van der Waals surface area contributed by atoms with Crippen molar-refractivity contribution in [1.29, 1.82) is 0 Å². The van der Waals surface area contributed by atoms with Crippen LogP contribution in [0.4, 0.5) is 5.82 Å². The fraction of sp³-hybridized carbons (Fsp3) is 0.125. The molecule has 0 aliphatic carbocycles. The Morgan fingerprint density at radius 3 is 3.00 bits per heavy atom. The fourth-order valence-electron chi connectivity index (χ4n) is 0.712. The number of nitrogens with one attached hydrogen (secondary N) is 1. The highest BCUT2D eigenvalue weighted by molar-refractivity contribution is 9.12. The zero-order chi connectivity index (χ0) is 8.27. The highest BCUT2D eigenvalue weighted by atomic mass is 79.9. The molecule has 11 heavy (non-hydrogen) atoms. The first-order valence-corrected chi connectivity index (χ1v) is 4.02. The Labute approximate surface area is 74.2 Å². The van der Waals surface area contributed by atoms with Crippen molar-refractivity contribution in [3.8, 4) is 0 Å². The maximum Gasteiger partial charge on any atom is 0.132 e. The lowest BCUT2D eigenvalue weighted by molar-refractivity contribution is 1.32. The van der Waals surface area contributed by atoms with E-state index < -0.39 is 0 Å². The molecule has 2 nitrogen and oxygen atoms in total. The van der Waals surface area contributed by atoms with Gasteiger partial charge in [0, 0.05) is 16.9 Å². The molecule has 0 amide bonds. The maximum absolute atomic E-state index is 4.14. The molecule has 0 bridgehead atoms. The lowest BCUT2D eigenvalue weighted by atomic mass is 10.4. The standard InChI is InChI=1S/C8H9BrN2/c1-6-3-4-10-8(6)11-5-7(2)9/h3-5,10H,2H2,1H3/b11-5-. The summed E-state index contributed by atoms with van der Waals surface area (Å²) in [6.07, 6.45) is 3.53. The van der Waals surface area contributed by atoms with Crippen LogP contribution in [0.15, 0.2) is 28.3 Å². The van der Waals surface area contributed by atoms with Crippen LogP contribution in [0.2, 0.25) is 0 Å². The Balaban J connectivity index is 2.79. The van der Waals surface area contributed by atoms with Gasteiger partial charge in [-0.15, -0.1) is 0 Å². The molecule has 1 N–H and O–H groups in total. The van der Waals surface area contributed by atoms with Crippen LogP contribution in [-0.4, -0.2) is 11.2 Å². The van der Waals surface area contributed by atoms with Gasteiger partial charge in [-0.3, -0.25) is 0 Å². The molecule has 0 aliphatic heterocycles. The molecular formula is C8H9BrN2.